The van der Waals surface area contributed by atoms with Gasteiger partial charge in [-0.2, -0.15) is 0 Å². The minimum absolute atomic E-state index is 0.0222. The van der Waals surface area contributed by atoms with Gasteiger partial charge in [0.25, 0.3) is 0 Å². The molecule has 0 radical (unpaired) electrons. The van der Waals surface area contributed by atoms with Crippen LogP contribution in [-0.2, 0) is 28.6 Å². The summed E-state index contributed by atoms with van der Waals surface area (Å²) in [5.41, 5.74) is 0. The molecule has 0 saturated heterocycles. The number of ether oxygens (including phenoxy) is 3. The Kier molecular flexibility index (Phi) is 40.3. The number of unbranched alkanes of at least 4 members (excludes halogenated alkanes) is 15. The molecule has 0 N–H and O–H groups in total. The first-order valence-electron chi connectivity index (χ1n) is 23.8. The van der Waals surface area contributed by atoms with Gasteiger partial charge in [0.05, 0.1) is 40.3 Å². The molecule has 8 heteroatoms. The highest BCUT2D eigenvalue weighted by molar-refractivity contribution is 5.70. The maximum Gasteiger partial charge on any atom is 0.306 e. The fourth-order valence-corrected chi connectivity index (χ4v) is 6.41. The number of carboxylic acid groups (broad SMARTS) is 1. The van der Waals surface area contributed by atoms with E-state index in [2.05, 4.69) is 74.6 Å². The lowest BCUT2D eigenvalue weighted by Gasteiger charge is -2.34. The predicted molar refractivity (Wildman–Crippen MR) is 254 cm³/mol. The first kappa shape index (κ1) is 57.2. The number of likely N-dealkylation sites (N-methyl/N-ethyl adjacent to an activating group) is 1. The maximum absolute atomic E-state index is 12.8. The lowest BCUT2D eigenvalue weighted by molar-refractivity contribution is -0.889. The van der Waals surface area contributed by atoms with E-state index in [1.807, 2.05) is 36.5 Å². The number of esters is 2. The van der Waals surface area contributed by atoms with Gasteiger partial charge >= 0.3 is 11.9 Å². The number of aliphatic carboxylic acids is 1. The topological polar surface area (TPSA) is 102 Å². The summed E-state index contributed by atoms with van der Waals surface area (Å²) >= 11 is 0. The number of carbonyl (C=O) groups excluding carboxylic acids is 3. The van der Waals surface area contributed by atoms with E-state index in [1.165, 1.54) is 44.9 Å². The van der Waals surface area contributed by atoms with Crippen LogP contribution in [0.5, 0.6) is 0 Å². The van der Waals surface area contributed by atoms with E-state index in [1.54, 1.807) is 21.1 Å². The van der Waals surface area contributed by atoms with Gasteiger partial charge in [-0.1, -0.05) is 182 Å². The summed E-state index contributed by atoms with van der Waals surface area (Å²) in [6.45, 7) is 4.42. The second-order valence-corrected chi connectivity index (χ2v) is 16.7. The molecule has 2 atom stereocenters. The molecular weight excluding hydrogens is 763 g/mol. The van der Waals surface area contributed by atoms with Gasteiger partial charge in [0.2, 0.25) is 0 Å². The Morgan fingerprint density at radius 2 is 0.984 bits per heavy atom. The Bertz CT molecular complexity index is 1310. The van der Waals surface area contributed by atoms with Gasteiger partial charge in [-0.3, -0.25) is 9.59 Å². The molecule has 8 nitrogen and oxygen atoms in total. The molecule has 0 saturated carbocycles. The molecule has 0 spiro atoms. The minimum atomic E-state index is -1.13. The molecular formula is C53H87NO7. The van der Waals surface area contributed by atoms with Crippen molar-refractivity contribution in [2.24, 2.45) is 0 Å². The number of rotatable bonds is 41. The fraction of sp³-hybridized carbons (Fsp3) is 0.642. The number of allylic oxidation sites excluding steroid dienone is 16. The third kappa shape index (κ3) is 41.4. The van der Waals surface area contributed by atoms with Crippen LogP contribution < -0.4 is 5.11 Å². The third-order valence-corrected chi connectivity index (χ3v) is 10.1. The highest BCUT2D eigenvalue weighted by atomic mass is 16.6. The van der Waals surface area contributed by atoms with Crippen molar-refractivity contribution in [3.8, 4) is 0 Å². The Labute approximate surface area is 373 Å². The number of hydrogen-bond acceptors (Lipinski definition) is 7. The Balaban J connectivity index is 4.37. The van der Waals surface area contributed by atoms with Gasteiger partial charge in [-0.15, -0.1) is 0 Å². The highest BCUT2D eigenvalue weighted by Crippen LogP contribution is 2.14. The molecule has 0 aliphatic rings. The smallest absolute Gasteiger partial charge is 0.306 e. The van der Waals surface area contributed by atoms with Crippen molar-refractivity contribution in [3.05, 3.63) is 97.2 Å². The maximum atomic E-state index is 12.8. The number of nitrogens with zero attached hydrogens (tertiary/aromatic N) is 1. The average molecular weight is 850 g/mol. The van der Waals surface area contributed by atoms with E-state index in [4.69, 9.17) is 14.2 Å². The summed E-state index contributed by atoms with van der Waals surface area (Å²) in [5.74, 6) is -1.79. The van der Waals surface area contributed by atoms with Crippen LogP contribution in [0.15, 0.2) is 97.2 Å². The first-order valence-corrected chi connectivity index (χ1v) is 23.8. The average Bonchev–Trinajstić information content (AvgIpc) is 3.22. The second-order valence-electron chi connectivity index (χ2n) is 16.7. The van der Waals surface area contributed by atoms with Crippen molar-refractivity contribution in [1.82, 2.24) is 0 Å². The van der Waals surface area contributed by atoms with Crippen LogP contribution in [0, 0.1) is 0 Å². The van der Waals surface area contributed by atoms with Crippen LogP contribution in [0.2, 0.25) is 0 Å². The molecule has 0 heterocycles. The zero-order valence-electron chi connectivity index (χ0n) is 39.3. The van der Waals surface area contributed by atoms with Crippen molar-refractivity contribution in [3.63, 3.8) is 0 Å². The lowest BCUT2D eigenvalue weighted by atomic mass is 10.1. The van der Waals surface area contributed by atoms with Crippen molar-refractivity contribution in [2.75, 3.05) is 41.0 Å². The van der Waals surface area contributed by atoms with Gasteiger partial charge in [0.15, 0.2) is 6.10 Å². The van der Waals surface area contributed by atoms with Crippen molar-refractivity contribution in [2.45, 2.75) is 180 Å². The Morgan fingerprint density at radius 3 is 1.51 bits per heavy atom. The largest absolute Gasteiger partial charge is 0.544 e. The third-order valence-electron chi connectivity index (χ3n) is 10.1. The predicted octanol–water partition coefficient (Wildman–Crippen LogP) is 12.1. The number of hydrogen-bond donors (Lipinski definition) is 0. The van der Waals surface area contributed by atoms with Gasteiger partial charge in [-0.05, 0) is 64.2 Å². The van der Waals surface area contributed by atoms with Gasteiger partial charge in [0, 0.05) is 19.3 Å². The molecule has 0 amide bonds. The van der Waals surface area contributed by atoms with Crippen LogP contribution >= 0.6 is 0 Å². The SMILES string of the molecule is CC/C=C/C/C=C/C/C=C/CCCCCCCCCCCC(=O)OCC(COCCC(C(=O)[O-])[N+](C)(C)C)OC(=O)CCCCCCC/C=C/C=C/C=C/C=C/C=C/CCC. The van der Waals surface area contributed by atoms with E-state index in [9.17, 15) is 19.5 Å². The van der Waals surface area contributed by atoms with E-state index < -0.39 is 18.1 Å². The minimum Gasteiger partial charge on any atom is -0.544 e. The standard InChI is InChI=1S/C53H87NO7/c1-6-8-10-12-14-16-18-20-22-24-26-28-29-31-33-35-37-39-41-43-51(55)60-48-49(47-59-46-45-50(53(57)58)54(3,4)5)61-52(56)44-42-40-38-36-34-32-30-27-25-23-21-19-17-15-13-11-9-7-2/h8,10-11,13-17,19-23,25,27,30,49-50H,6-7,9,12,18,24,26,28-29,31-48H2,1-5H3/b10-8+,13-11+,16-14+,17-15+,21-19+,22-20+,25-23+,30-27+. The van der Waals surface area contributed by atoms with Crippen LogP contribution in [-0.4, -0.2) is 75.5 Å². The van der Waals surface area contributed by atoms with Crippen LogP contribution in [0.25, 0.3) is 0 Å². The van der Waals surface area contributed by atoms with Crippen molar-refractivity contribution < 1.29 is 38.2 Å². The molecule has 346 valence electrons. The molecule has 0 aromatic carbocycles. The summed E-state index contributed by atoms with van der Waals surface area (Å²) < 4.78 is 17.2. The molecule has 0 aromatic heterocycles. The number of carbonyl (C=O) groups is 3. The molecule has 0 aromatic rings. The van der Waals surface area contributed by atoms with E-state index in [-0.39, 0.29) is 49.1 Å². The summed E-state index contributed by atoms with van der Waals surface area (Å²) in [5, 5.41) is 11.6. The summed E-state index contributed by atoms with van der Waals surface area (Å²) in [4.78, 5) is 37.0. The first-order chi connectivity index (χ1) is 29.6. The van der Waals surface area contributed by atoms with Crippen LogP contribution in [0.1, 0.15) is 168 Å². The second kappa shape index (κ2) is 42.9. The fourth-order valence-electron chi connectivity index (χ4n) is 6.41. The van der Waals surface area contributed by atoms with Crippen LogP contribution in [0.4, 0.5) is 0 Å². The van der Waals surface area contributed by atoms with Gasteiger partial charge < -0.3 is 28.6 Å². The highest BCUT2D eigenvalue weighted by Gasteiger charge is 2.25. The normalized spacial score (nSPS) is 13.8. The van der Waals surface area contributed by atoms with E-state index >= 15 is 0 Å². The van der Waals surface area contributed by atoms with Crippen molar-refractivity contribution >= 4 is 17.9 Å². The summed E-state index contributed by atoms with van der Waals surface area (Å²) in [6, 6.07) is -0.738. The van der Waals surface area contributed by atoms with Crippen LogP contribution in [0.3, 0.4) is 0 Å². The van der Waals surface area contributed by atoms with E-state index in [0.717, 1.165) is 89.9 Å². The molecule has 0 aliphatic carbocycles. The molecule has 2 unspecified atom stereocenters. The Morgan fingerprint density at radius 1 is 0.525 bits per heavy atom. The summed E-state index contributed by atoms with van der Waals surface area (Å²) in [6.07, 6.45) is 57.1. The zero-order valence-corrected chi connectivity index (χ0v) is 39.3. The quantitative estimate of drug-likeness (QED) is 0.0198. The number of carboxylic acids is 1. The Hall–Kier alpha value is -3.75. The van der Waals surface area contributed by atoms with Gasteiger partial charge in [-0.25, -0.2) is 0 Å². The van der Waals surface area contributed by atoms with E-state index in [0.29, 0.717) is 6.42 Å². The molecule has 0 bridgehead atoms. The lowest BCUT2D eigenvalue weighted by Crippen LogP contribution is -2.55. The molecule has 61 heavy (non-hydrogen) atoms. The molecule has 0 rings (SSSR count). The number of quaternary nitrogens is 1. The van der Waals surface area contributed by atoms with Gasteiger partial charge in [0.1, 0.15) is 12.6 Å². The summed E-state index contributed by atoms with van der Waals surface area (Å²) in [7, 11) is 5.39. The molecule has 0 aliphatic heterocycles. The molecule has 0 fully saturated rings. The van der Waals surface area contributed by atoms with Crippen molar-refractivity contribution in [1.29, 1.82) is 0 Å². The zero-order chi connectivity index (χ0) is 44.9. The monoisotopic (exact) mass is 850 g/mol.